The third-order valence-corrected chi connectivity index (χ3v) is 2.58. The Morgan fingerprint density at radius 2 is 2.20 bits per heavy atom. The van der Waals surface area contributed by atoms with E-state index in [1.165, 1.54) is 37.1 Å². The molecule has 15 heavy (non-hydrogen) atoms. The molecule has 0 N–H and O–H groups in total. The summed E-state index contributed by atoms with van der Waals surface area (Å²) < 4.78 is 4.56. The molecule has 0 unspecified atom stereocenters. The summed E-state index contributed by atoms with van der Waals surface area (Å²) in [6, 6.07) is 4.04. The van der Waals surface area contributed by atoms with E-state index in [9.17, 15) is 14.9 Å². The Bertz CT molecular complexity index is 405. The highest BCUT2D eigenvalue weighted by Crippen LogP contribution is 2.25. The van der Waals surface area contributed by atoms with Crippen LogP contribution in [0.2, 0.25) is 0 Å². The zero-order chi connectivity index (χ0) is 11.4. The molecular weight excluding hydrogens is 218 g/mol. The van der Waals surface area contributed by atoms with Gasteiger partial charge in [-0.3, -0.25) is 10.1 Å². The molecule has 80 valence electrons. The molecular formula is C9H9NO4S. The number of nitrogens with zero attached hydrogens (tertiary/aromatic N) is 1. The van der Waals surface area contributed by atoms with E-state index in [2.05, 4.69) is 4.74 Å². The van der Waals surface area contributed by atoms with Gasteiger partial charge in [-0.2, -0.15) is 0 Å². The number of esters is 1. The lowest BCUT2D eigenvalue weighted by Crippen LogP contribution is -2.03. The first-order valence-electron chi connectivity index (χ1n) is 4.01. The number of nitro benzene ring substituents is 1. The molecule has 0 aliphatic carbocycles. The Labute approximate surface area is 90.6 Å². The van der Waals surface area contributed by atoms with Crippen LogP contribution in [0.1, 0.15) is 10.4 Å². The molecule has 0 atom stereocenters. The number of non-ortho nitro benzene ring substituents is 1. The fourth-order valence-corrected chi connectivity index (χ4v) is 1.68. The van der Waals surface area contributed by atoms with Gasteiger partial charge in [0.05, 0.1) is 17.6 Å². The van der Waals surface area contributed by atoms with Gasteiger partial charge in [0.15, 0.2) is 0 Å². The van der Waals surface area contributed by atoms with E-state index in [4.69, 9.17) is 0 Å². The molecule has 0 aliphatic heterocycles. The van der Waals surface area contributed by atoms with Crippen molar-refractivity contribution in [3.05, 3.63) is 33.9 Å². The summed E-state index contributed by atoms with van der Waals surface area (Å²) in [6.45, 7) is 0. The fourth-order valence-electron chi connectivity index (χ4n) is 1.07. The molecule has 0 bridgehead atoms. The van der Waals surface area contributed by atoms with Crippen LogP contribution in [0.15, 0.2) is 23.1 Å². The van der Waals surface area contributed by atoms with Crippen LogP contribution in [0.5, 0.6) is 0 Å². The summed E-state index contributed by atoms with van der Waals surface area (Å²) in [7, 11) is 1.27. The zero-order valence-corrected chi connectivity index (χ0v) is 9.04. The molecule has 0 radical (unpaired) electrons. The van der Waals surface area contributed by atoms with Crippen molar-refractivity contribution in [3.63, 3.8) is 0 Å². The third kappa shape index (κ3) is 2.47. The first kappa shape index (κ1) is 11.5. The van der Waals surface area contributed by atoms with Gasteiger partial charge >= 0.3 is 5.97 Å². The molecule has 0 saturated carbocycles. The number of methoxy groups -OCH3 is 1. The van der Waals surface area contributed by atoms with Crippen LogP contribution in [0.4, 0.5) is 5.69 Å². The molecule has 6 heteroatoms. The van der Waals surface area contributed by atoms with Crippen molar-refractivity contribution in [2.45, 2.75) is 4.90 Å². The molecule has 0 saturated heterocycles. The molecule has 0 aromatic heterocycles. The number of benzene rings is 1. The second-order valence-electron chi connectivity index (χ2n) is 2.63. The van der Waals surface area contributed by atoms with Crippen molar-refractivity contribution in [1.82, 2.24) is 0 Å². The van der Waals surface area contributed by atoms with Crippen molar-refractivity contribution < 1.29 is 14.5 Å². The van der Waals surface area contributed by atoms with Gasteiger partial charge in [0.2, 0.25) is 0 Å². The number of carbonyl (C=O) groups is 1. The summed E-state index contributed by atoms with van der Waals surface area (Å²) in [5.74, 6) is -0.491. The van der Waals surface area contributed by atoms with Gasteiger partial charge in [0, 0.05) is 17.0 Å². The lowest BCUT2D eigenvalue weighted by atomic mass is 10.2. The fraction of sp³-hybridized carbons (Fsp3) is 0.222. The summed E-state index contributed by atoms with van der Waals surface area (Å²) >= 11 is 1.27. The van der Waals surface area contributed by atoms with Gasteiger partial charge in [0.1, 0.15) is 0 Å². The standard InChI is InChI=1S/C9H9NO4S/c1-14-9(11)7-4-3-6(10(12)13)5-8(7)15-2/h3-5H,1-2H3. The number of hydrogen-bond donors (Lipinski definition) is 0. The molecule has 5 nitrogen and oxygen atoms in total. The molecule has 0 aliphatic rings. The Morgan fingerprint density at radius 1 is 1.53 bits per heavy atom. The van der Waals surface area contributed by atoms with Crippen molar-refractivity contribution in [3.8, 4) is 0 Å². The van der Waals surface area contributed by atoms with Crippen LogP contribution in [0.3, 0.4) is 0 Å². The van der Waals surface area contributed by atoms with Crippen LogP contribution in [-0.2, 0) is 4.74 Å². The minimum Gasteiger partial charge on any atom is -0.465 e. The summed E-state index contributed by atoms with van der Waals surface area (Å²) in [6.07, 6.45) is 1.74. The van der Waals surface area contributed by atoms with Gasteiger partial charge in [0.25, 0.3) is 5.69 Å². The Hall–Kier alpha value is -1.56. The third-order valence-electron chi connectivity index (χ3n) is 1.80. The number of nitro groups is 1. The van der Waals surface area contributed by atoms with Crippen molar-refractivity contribution in [2.24, 2.45) is 0 Å². The molecule has 1 rings (SSSR count). The van der Waals surface area contributed by atoms with Crippen LogP contribution >= 0.6 is 11.8 Å². The minimum atomic E-state index is -0.499. The van der Waals surface area contributed by atoms with Crippen LogP contribution < -0.4 is 0 Å². The molecule has 1 aromatic rings. The van der Waals surface area contributed by atoms with E-state index in [0.29, 0.717) is 10.5 Å². The average molecular weight is 227 g/mol. The Balaban J connectivity index is 3.20. The maximum absolute atomic E-state index is 11.3. The van der Waals surface area contributed by atoms with Crippen molar-refractivity contribution in [1.29, 1.82) is 0 Å². The van der Waals surface area contributed by atoms with E-state index in [1.54, 1.807) is 6.26 Å². The number of ether oxygens (including phenoxy) is 1. The predicted molar refractivity (Wildman–Crippen MR) is 56.2 cm³/mol. The molecule has 1 aromatic carbocycles. The number of rotatable bonds is 3. The maximum Gasteiger partial charge on any atom is 0.338 e. The molecule has 0 amide bonds. The van der Waals surface area contributed by atoms with Gasteiger partial charge in [-0.05, 0) is 12.3 Å². The van der Waals surface area contributed by atoms with Crippen LogP contribution in [0.25, 0.3) is 0 Å². The number of thioether (sulfide) groups is 1. The molecule has 0 heterocycles. The lowest BCUT2D eigenvalue weighted by Gasteiger charge is -2.04. The first-order valence-corrected chi connectivity index (χ1v) is 5.23. The van der Waals surface area contributed by atoms with Gasteiger partial charge in [-0.15, -0.1) is 11.8 Å². The summed E-state index contributed by atoms with van der Waals surface area (Å²) in [4.78, 5) is 21.8. The second kappa shape index (κ2) is 4.79. The predicted octanol–water partition coefficient (Wildman–Crippen LogP) is 2.10. The van der Waals surface area contributed by atoms with Gasteiger partial charge in [-0.25, -0.2) is 4.79 Å². The van der Waals surface area contributed by atoms with Crippen molar-refractivity contribution in [2.75, 3.05) is 13.4 Å². The largest absolute Gasteiger partial charge is 0.465 e. The van der Waals surface area contributed by atoms with E-state index >= 15 is 0 Å². The second-order valence-corrected chi connectivity index (χ2v) is 3.48. The SMILES string of the molecule is COC(=O)c1ccc([N+](=O)[O-])cc1SC. The Morgan fingerprint density at radius 3 is 2.67 bits per heavy atom. The average Bonchev–Trinajstić information content (AvgIpc) is 2.27. The van der Waals surface area contributed by atoms with Crippen molar-refractivity contribution >= 4 is 23.4 Å². The number of carbonyl (C=O) groups excluding carboxylic acids is 1. The lowest BCUT2D eigenvalue weighted by molar-refractivity contribution is -0.385. The Kier molecular flexibility index (Phi) is 3.68. The highest BCUT2D eigenvalue weighted by Gasteiger charge is 2.15. The molecule has 0 spiro atoms. The first-order chi connectivity index (χ1) is 7.10. The quantitative estimate of drug-likeness (QED) is 0.342. The van der Waals surface area contributed by atoms with E-state index in [1.807, 2.05) is 0 Å². The molecule has 0 fully saturated rings. The smallest absolute Gasteiger partial charge is 0.338 e. The summed E-state index contributed by atoms with van der Waals surface area (Å²) in [5.41, 5.74) is 0.308. The van der Waals surface area contributed by atoms with E-state index < -0.39 is 10.9 Å². The van der Waals surface area contributed by atoms with Gasteiger partial charge < -0.3 is 4.74 Å². The van der Waals surface area contributed by atoms with Gasteiger partial charge in [-0.1, -0.05) is 0 Å². The van der Waals surface area contributed by atoms with E-state index in [-0.39, 0.29) is 5.69 Å². The van der Waals surface area contributed by atoms with E-state index in [0.717, 1.165) is 0 Å². The minimum absolute atomic E-state index is 0.0352. The monoisotopic (exact) mass is 227 g/mol. The van der Waals surface area contributed by atoms with Crippen LogP contribution in [-0.4, -0.2) is 24.3 Å². The normalized spacial score (nSPS) is 9.73. The summed E-state index contributed by atoms with van der Waals surface area (Å²) in [5, 5.41) is 10.5. The maximum atomic E-state index is 11.3. The zero-order valence-electron chi connectivity index (χ0n) is 8.22. The van der Waals surface area contributed by atoms with Crippen LogP contribution in [0, 0.1) is 10.1 Å². The number of hydrogen-bond acceptors (Lipinski definition) is 5. The highest BCUT2D eigenvalue weighted by atomic mass is 32.2. The topological polar surface area (TPSA) is 69.4 Å². The highest BCUT2D eigenvalue weighted by molar-refractivity contribution is 7.98.